The van der Waals surface area contributed by atoms with Gasteiger partial charge in [0.05, 0.1) is 22.4 Å². The van der Waals surface area contributed by atoms with Crippen molar-refractivity contribution in [3.05, 3.63) is 27.0 Å². The molecule has 2 heterocycles. The number of amides is 1. The molecule has 0 bridgehead atoms. The lowest BCUT2D eigenvalue weighted by Crippen LogP contribution is -2.28. The molecule has 0 aliphatic rings. The smallest absolute Gasteiger partial charge is 0.274 e. The average Bonchev–Trinajstić information content (AvgIpc) is 2.84. The molecule has 18 heavy (non-hydrogen) atoms. The van der Waals surface area contributed by atoms with Gasteiger partial charge in [0.15, 0.2) is 5.69 Å². The molecule has 1 amide bonds. The number of aromatic amines is 1. The van der Waals surface area contributed by atoms with E-state index in [0.29, 0.717) is 11.4 Å². The standard InChI is InChI=1S/C11H15N5OS/c1-5(9-7(3)18-8(4)13-9)12-11(17)10-6(2)14-16-15-10/h5H,1-4H3,(H,12,17)(H,14,15,16)/t5-/m0/s1. The molecule has 0 spiro atoms. The Morgan fingerprint density at radius 2 is 2.06 bits per heavy atom. The van der Waals surface area contributed by atoms with Crippen LogP contribution in [0.2, 0.25) is 0 Å². The quantitative estimate of drug-likeness (QED) is 0.884. The third-order valence-electron chi connectivity index (χ3n) is 2.63. The number of aromatic nitrogens is 4. The highest BCUT2D eigenvalue weighted by Crippen LogP contribution is 2.22. The van der Waals surface area contributed by atoms with Crippen LogP contribution >= 0.6 is 11.3 Å². The second-order valence-electron chi connectivity index (χ2n) is 4.13. The van der Waals surface area contributed by atoms with Crippen LogP contribution in [0.5, 0.6) is 0 Å². The minimum atomic E-state index is -0.237. The van der Waals surface area contributed by atoms with E-state index in [1.807, 2.05) is 20.8 Å². The molecular formula is C11H15N5OS. The fourth-order valence-electron chi connectivity index (χ4n) is 1.78. The summed E-state index contributed by atoms with van der Waals surface area (Å²) in [5.74, 6) is -0.237. The molecule has 96 valence electrons. The van der Waals surface area contributed by atoms with Gasteiger partial charge >= 0.3 is 0 Å². The van der Waals surface area contributed by atoms with Gasteiger partial charge in [-0.3, -0.25) is 4.79 Å². The molecule has 2 aromatic rings. The lowest BCUT2D eigenvalue weighted by Gasteiger charge is -2.11. The van der Waals surface area contributed by atoms with Crippen LogP contribution in [0.3, 0.4) is 0 Å². The van der Waals surface area contributed by atoms with Gasteiger partial charge < -0.3 is 5.32 Å². The number of carbonyl (C=O) groups excluding carboxylic acids is 1. The third-order valence-corrected chi connectivity index (χ3v) is 3.54. The Bertz CT molecular complexity index is 574. The van der Waals surface area contributed by atoms with Gasteiger partial charge in [0.25, 0.3) is 5.91 Å². The maximum atomic E-state index is 12.0. The zero-order valence-corrected chi connectivity index (χ0v) is 11.6. The molecule has 1 atom stereocenters. The van der Waals surface area contributed by atoms with Crippen LogP contribution < -0.4 is 5.32 Å². The zero-order chi connectivity index (χ0) is 13.3. The van der Waals surface area contributed by atoms with Crippen molar-refractivity contribution in [3.63, 3.8) is 0 Å². The summed E-state index contributed by atoms with van der Waals surface area (Å²) in [7, 11) is 0. The highest BCUT2D eigenvalue weighted by molar-refractivity contribution is 7.11. The van der Waals surface area contributed by atoms with Gasteiger partial charge in [-0.1, -0.05) is 0 Å². The van der Waals surface area contributed by atoms with E-state index in [0.717, 1.165) is 15.6 Å². The summed E-state index contributed by atoms with van der Waals surface area (Å²) in [5.41, 5.74) is 1.82. The van der Waals surface area contributed by atoms with E-state index in [1.165, 1.54) is 0 Å². The topological polar surface area (TPSA) is 83.6 Å². The van der Waals surface area contributed by atoms with Gasteiger partial charge in [-0.15, -0.1) is 11.3 Å². The van der Waals surface area contributed by atoms with Crippen molar-refractivity contribution in [3.8, 4) is 0 Å². The monoisotopic (exact) mass is 265 g/mol. The highest BCUT2D eigenvalue weighted by atomic mass is 32.1. The normalized spacial score (nSPS) is 12.4. The molecule has 2 N–H and O–H groups in total. The van der Waals surface area contributed by atoms with Crippen molar-refractivity contribution in [2.24, 2.45) is 0 Å². The molecule has 0 fully saturated rings. The van der Waals surface area contributed by atoms with Crippen molar-refractivity contribution in [1.29, 1.82) is 0 Å². The molecule has 0 aliphatic carbocycles. The number of nitrogens with one attached hydrogen (secondary N) is 2. The van der Waals surface area contributed by atoms with Crippen LogP contribution in [0.25, 0.3) is 0 Å². The van der Waals surface area contributed by atoms with Crippen LogP contribution in [-0.4, -0.2) is 26.3 Å². The SMILES string of the molecule is Cc1nc([C@H](C)NC(=O)c2n[nH]nc2C)c(C)s1. The Hall–Kier alpha value is -1.76. The number of hydrogen-bond acceptors (Lipinski definition) is 5. The van der Waals surface area contributed by atoms with Gasteiger partial charge in [0.2, 0.25) is 0 Å². The molecule has 7 heteroatoms. The van der Waals surface area contributed by atoms with Gasteiger partial charge in [-0.2, -0.15) is 15.4 Å². The van der Waals surface area contributed by atoms with Crippen molar-refractivity contribution < 1.29 is 4.79 Å². The summed E-state index contributed by atoms with van der Waals surface area (Å²) in [6, 6.07) is -0.140. The first-order chi connectivity index (χ1) is 8.49. The molecule has 0 radical (unpaired) electrons. The second-order valence-corrected chi connectivity index (χ2v) is 5.53. The summed E-state index contributed by atoms with van der Waals surface area (Å²) in [4.78, 5) is 17.5. The van der Waals surface area contributed by atoms with E-state index >= 15 is 0 Å². The van der Waals surface area contributed by atoms with Crippen LogP contribution in [-0.2, 0) is 0 Å². The first kappa shape index (κ1) is 12.7. The molecule has 2 rings (SSSR count). The number of hydrogen-bond donors (Lipinski definition) is 2. The second kappa shape index (κ2) is 4.85. The number of nitrogens with zero attached hydrogens (tertiary/aromatic N) is 3. The van der Waals surface area contributed by atoms with Crippen molar-refractivity contribution in [1.82, 2.24) is 25.7 Å². The molecule has 0 saturated carbocycles. The summed E-state index contributed by atoms with van der Waals surface area (Å²) < 4.78 is 0. The first-order valence-corrected chi connectivity index (χ1v) is 6.43. The number of aryl methyl sites for hydroxylation is 3. The molecular weight excluding hydrogens is 250 g/mol. The van der Waals surface area contributed by atoms with Crippen molar-refractivity contribution in [2.45, 2.75) is 33.7 Å². The molecule has 0 unspecified atom stereocenters. The summed E-state index contributed by atoms with van der Waals surface area (Å²) >= 11 is 1.63. The largest absolute Gasteiger partial charge is 0.342 e. The molecule has 0 aliphatic heterocycles. The Balaban J connectivity index is 2.13. The summed E-state index contributed by atoms with van der Waals surface area (Å²) in [6.45, 7) is 7.61. The third kappa shape index (κ3) is 2.40. The maximum absolute atomic E-state index is 12.0. The van der Waals surface area contributed by atoms with E-state index in [-0.39, 0.29) is 11.9 Å². The maximum Gasteiger partial charge on any atom is 0.274 e. The van der Waals surface area contributed by atoms with Gasteiger partial charge in [0, 0.05) is 4.88 Å². The Kier molecular flexibility index (Phi) is 3.42. The lowest BCUT2D eigenvalue weighted by atomic mass is 10.2. The Labute approximate surface area is 109 Å². The minimum absolute atomic E-state index is 0.140. The minimum Gasteiger partial charge on any atom is -0.342 e. The first-order valence-electron chi connectivity index (χ1n) is 5.61. The van der Waals surface area contributed by atoms with Crippen LogP contribution in [0, 0.1) is 20.8 Å². The number of thiazole rings is 1. The number of carbonyl (C=O) groups is 1. The molecule has 0 aromatic carbocycles. The van der Waals surface area contributed by atoms with Crippen LogP contribution in [0.4, 0.5) is 0 Å². The fourth-order valence-corrected chi connectivity index (χ4v) is 2.69. The zero-order valence-electron chi connectivity index (χ0n) is 10.7. The predicted molar refractivity (Wildman–Crippen MR) is 68.6 cm³/mol. The lowest BCUT2D eigenvalue weighted by molar-refractivity contribution is 0.0933. The Morgan fingerprint density at radius 3 is 2.56 bits per heavy atom. The molecule has 6 nitrogen and oxygen atoms in total. The summed E-state index contributed by atoms with van der Waals surface area (Å²) in [5, 5.41) is 14.0. The molecule has 2 aromatic heterocycles. The van der Waals surface area contributed by atoms with Crippen LogP contribution in [0.15, 0.2) is 0 Å². The number of H-pyrrole nitrogens is 1. The summed E-state index contributed by atoms with van der Waals surface area (Å²) in [6.07, 6.45) is 0. The van der Waals surface area contributed by atoms with E-state index in [2.05, 4.69) is 25.7 Å². The van der Waals surface area contributed by atoms with Gasteiger partial charge in [-0.25, -0.2) is 4.98 Å². The highest BCUT2D eigenvalue weighted by Gasteiger charge is 2.19. The fraction of sp³-hybridized carbons (Fsp3) is 0.455. The Morgan fingerprint density at radius 1 is 1.33 bits per heavy atom. The number of rotatable bonds is 3. The van der Waals surface area contributed by atoms with E-state index < -0.39 is 0 Å². The van der Waals surface area contributed by atoms with Gasteiger partial charge in [-0.05, 0) is 27.7 Å². The van der Waals surface area contributed by atoms with E-state index in [1.54, 1.807) is 18.3 Å². The van der Waals surface area contributed by atoms with Crippen molar-refractivity contribution in [2.75, 3.05) is 0 Å². The van der Waals surface area contributed by atoms with E-state index in [4.69, 9.17) is 0 Å². The van der Waals surface area contributed by atoms with Gasteiger partial charge in [0.1, 0.15) is 0 Å². The molecule has 0 saturated heterocycles. The van der Waals surface area contributed by atoms with Crippen molar-refractivity contribution >= 4 is 17.2 Å². The average molecular weight is 265 g/mol. The van der Waals surface area contributed by atoms with Crippen LogP contribution in [0.1, 0.15) is 44.7 Å². The predicted octanol–water partition coefficient (Wildman–Crippen LogP) is 1.68. The van der Waals surface area contributed by atoms with E-state index in [9.17, 15) is 4.79 Å².